The summed E-state index contributed by atoms with van der Waals surface area (Å²) < 4.78 is 4.82. The Labute approximate surface area is 162 Å². The third-order valence-electron chi connectivity index (χ3n) is 5.46. The molecule has 0 radical (unpaired) electrons. The van der Waals surface area contributed by atoms with Crippen molar-refractivity contribution in [3.05, 3.63) is 71.3 Å². The number of rotatable bonds is 6. The van der Waals surface area contributed by atoms with Crippen molar-refractivity contribution in [2.24, 2.45) is 11.8 Å². The Kier molecular flexibility index (Phi) is 6.64. The molecule has 144 valence electrons. The van der Waals surface area contributed by atoms with Crippen LogP contribution in [0.5, 0.6) is 0 Å². The first kappa shape index (κ1) is 19.6. The summed E-state index contributed by atoms with van der Waals surface area (Å²) in [4.78, 5) is 14.3. The first-order valence-corrected chi connectivity index (χ1v) is 9.73. The first-order chi connectivity index (χ1) is 13.1. The summed E-state index contributed by atoms with van der Waals surface area (Å²) in [5, 5.41) is 3.73. The number of carbonyl (C=O) groups is 1. The van der Waals surface area contributed by atoms with E-state index >= 15 is 0 Å². The maximum atomic E-state index is 11.7. The molecule has 4 heteroatoms. The van der Waals surface area contributed by atoms with Crippen LogP contribution in [0.4, 0.5) is 0 Å². The van der Waals surface area contributed by atoms with E-state index in [9.17, 15) is 4.79 Å². The minimum Gasteiger partial charge on any atom is -0.465 e. The molecule has 1 aliphatic heterocycles. The quantitative estimate of drug-likeness (QED) is 0.791. The van der Waals surface area contributed by atoms with Gasteiger partial charge in [-0.1, -0.05) is 56.3 Å². The number of methoxy groups -OCH3 is 1. The van der Waals surface area contributed by atoms with Crippen molar-refractivity contribution in [3.8, 4) is 0 Å². The van der Waals surface area contributed by atoms with Gasteiger partial charge in [0, 0.05) is 32.2 Å². The molecule has 3 rings (SSSR count). The fourth-order valence-electron chi connectivity index (χ4n) is 4.21. The summed E-state index contributed by atoms with van der Waals surface area (Å²) in [5.41, 5.74) is 3.10. The zero-order valence-electron chi connectivity index (χ0n) is 16.5. The highest BCUT2D eigenvalue weighted by molar-refractivity contribution is 5.89. The lowest BCUT2D eigenvalue weighted by Gasteiger charge is -2.42. The summed E-state index contributed by atoms with van der Waals surface area (Å²) in [6.45, 7) is 8.64. The van der Waals surface area contributed by atoms with Gasteiger partial charge in [-0.15, -0.1) is 0 Å². The zero-order chi connectivity index (χ0) is 19.2. The summed E-state index contributed by atoms with van der Waals surface area (Å²) in [6.07, 6.45) is 0. The molecule has 2 aromatic carbocycles. The molecular formula is C23H30N2O2. The molecule has 2 atom stereocenters. The van der Waals surface area contributed by atoms with E-state index in [4.69, 9.17) is 4.74 Å². The van der Waals surface area contributed by atoms with E-state index in [1.165, 1.54) is 12.7 Å². The summed E-state index contributed by atoms with van der Waals surface area (Å²) in [5.74, 6) is 0.857. The van der Waals surface area contributed by atoms with E-state index < -0.39 is 0 Å². The monoisotopic (exact) mass is 366 g/mol. The van der Waals surface area contributed by atoms with Crippen molar-refractivity contribution < 1.29 is 9.53 Å². The average Bonchev–Trinajstić information content (AvgIpc) is 2.67. The predicted octanol–water partition coefficient (Wildman–Crippen LogP) is 3.72. The molecule has 0 aliphatic carbocycles. The number of ether oxygens (including phenoxy) is 1. The zero-order valence-corrected chi connectivity index (χ0v) is 16.5. The lowest BCUT2D eigenvalue weighted by Crippen LogP contribution is -2.52. The molecular weight excluding hydrogens is 336 g/mol. The Balaban J connectivity index is 1.56. The van der Waals surface area contributed by atoms with Crippen LogP contribution in [-0.4, -0.2) is 37.1 Å². The number of nitrogens with one attached hydrogen (secondary N) is 1. The van der Waals surface area contributed by atoms with E-state index in [1.54, 1.807) is 6.07 Å². The molecule has 0 saturated carbocycles. The van der Waals surface area contributed by atoms with Crippen LogP contribution in [0.25, 0.3) is 0 Å². The topological polar surface area (TPSA) is 41.6 Å². The Morgan fingerprint density at radius 1 is 1.04 bits per heavy atom. The molecule has 1 heterocycles. The van der Waals surface area contributed by atoms with Crippen molar-refractivity contribution >= 4 is 5.97 Å². The van der Waals surface area contributed by atoms with Gasteiger partial charge in [0.25, 0.3) is 0 Å². The van der Waals surface area contributed by atoms with Crippen LogP contribution in [0.1, 0.15) is 35.3 Å². The highest BCUT2D eigenvalue weighted by Crippen LogP contribution is 2.24. The van der Waals surface area contributed by atoms with Gasteiger partial charge in [0.1, 0.15) is 0 Å². The van der Waals surface area contributed by atoms with Gasteiger partial charge in [0.2, 0.25) is 0 Å². The van der Waals surface area contributed by atoms with E-state index in [1.807, 2.05) is 12.1 Å². The molecule has 1 aliphatic rings. The van der Waals surface area contributed by atoms with Gasteiger partial charge in [-0.25, -0.2) is 4.79 Å². The normalized spacial score (nSPS) is 23.1. The molecule has 1 N–H and O–H groups in total. The summed E-state index contributed by atoms with van der Waals surface area (Å²) >= 11 is 0. The number of hydrogen-bond acceptors (Lipinski definition) is 4. The van der Waals surface area contributed by atoms with Gasteiger partial charge >= 0.3 is 5.97 Å². The lowest BCUT2D eigenvalue weighted by molar-refractivity contribution is 0.0600. The Bertz CT molecular complexity index is 735. The second-order valence-electron chi connectivity index (χ2n) is 7.73. The Morgan fingerprint density at radius 3 is 2.37 bits per heavy atom. The molecule has 4 nitrogen and oxygen atoms in total. The average molecular weight is 367 g/mol. The van der Waals surface area contributed by atoms with Crippen molar-refractivity contribution in [2.45, 2.75) is 33.0 Å². The van der Waals surface area contributed by atoms with Crippen molar-refractivity contribution in [1.29, 1.82) is 0 Å². The molecule has 0 aromatic heterocycles. The molecule has 27 heavy (non-hydrogen) atoms. The van der Waals surface area contributed by atoms with Crippen LogP contribution in [0.2, 0.25) is 0 Å². The number of carbonyl (C=O) groups excluding carboxylic acids is 1. The third kappa shape index (κ3) is 5.18. The third-order valence-corrected chi connectivity index (χ3v) is 5.46. The molecule has 0 spiro atoms. The van der Waals surface area contributed by atoms with Crippen LogP contribution >= 0.6 is 0 Å². The fraction of sp³-hybridized carbons (Fsp3) is 0.435. The van der Waals surface area contributed by atoms with Gasteiger partial charge in [0.05, 0.1) is 12.7 Å². The van der Waals surface area contributed by atoms with Gasteiger partial charge < -0.3 is 10.1 Å². The second-order valence-corrected chi connectivity index (χ2v) is 7.73. The van der Waals surface area contributed by atoms with Crippen LogP contribution in [0, 0.1) is 11.8 Å². The Morgan fingerprint density at radius 2 is 1.70 bits per heavy atom. The maximum Gasteiger partial charge on any atom is 0.337 e. The van der Waals surface area contributed by atoms with Gasteiger partial charge in [-0.2, -0.15) is 0 Å². The summed E-state index contributed by atoms with van der Waals surface area (Å²) in [7, 11) is 1.42. The number of benzene rings is 2. The smallest absolute Gasteiger partial charge is 0.337 e. The highest BCUT2D eigenvalue weighted by atomic mass is 16.5. The predicted molar refractivity (Wildman–Crippen MR) is 108 cm³/mol. The largest absolute Gasteiger partial charge is 0.465 e. The standard InChI is InChI=1S/C23H30N2O2/c1-17-14-25(16-19-8-5-4-6-9-19)15-18(2)22(17)24-13-20-10-7-11-21(12-20)23(26)27-3/h4-12,17-18,22,24H,13-16H2,1-3H3. The van der Waals surface area contributed by atoms with E-state index in [0.29, 0.717) is 23.4 Å². The first-order valence-electron chi connectivity index (χ1n) is 9.73. The second kappa shape index (κ2) is 9.16. The number of likely N-dealkylation sites (tertiary alicyclic amines) is 1. The molecule has 2 unspecified atom stereocenters. The van der Waals surface area contributed by atoms with Crippen LogP contribution in [0.15, 0.2) is 54.6 Å². The molecule has 0 bridgehead atoms. The summed E-state index contributed by atoms with van der Waals surface area (Å²) in [6, 6.07) is 18.8. The lowest BCUT2D eigenvalue weighted by atomic mass is 9.85. The Hall–Kier alpha value is -2.17. The fourth-order valence-corrected chi connectivity index (χ4v) is 4.21. The van der Waals surface area contributed by atoms with Crippen LogP contribution in [0.3, 0.4) is 0 Å². The SMILES string of the molecule is COC(=O)c1cccc(CNC2C(C)CN(Cc3ccccc3)CC2C)c1. The number of esters is 1. The van der Waals surface area contributed by atoms with E-state index in [0.717, 1.165) is 31.7 Å². The van der Waals surface area contributed by atoms with Crippen molar-refractivity contribution in [3.63, 3.8) is 0 Å². The number of nitrogens with zero attached hydrogens (tertiary/aromatic N) is 1. The van der Waals surface area contributed by atoms with E-state index in [-0.39, 0.29) is 5.97 Å². The molecule has 2 aromatic rings. The van der Waals surface area contributed by atoms with Gasteiger partial charge in [-0.3, -0.25) is 4.90 Å². The van der Waals surface area contributed by atoms with Gasteiger partial charge in [0.15, 0.2) is 0 Å². The molecule has 0 amide bonds. The number of hydrogen-bond donors (Lipinski definition) is 1. The molecule has 1 fully saturated rings. The van der Waals surface area contributed by atoms with Crippen molar-refractivity contribution in [2.75, 3.05) is 20.2 Å². The van der Waals surface area contributed by atoms with Crippen molar-refractivity contribution in [1.82, 2.24) is 10.2 Å². The highest BCUT2D eigenvalue weighted by Gasteiger charge is 2.31. The van der Waals surface area contributed by atoms with Crippen LogP contribution in [-0.2, 0) is 17.8 Å². The minimum atomic E-state index is -0.284. The maximum absolute atomic E-state index is 11.7. The van der Waals surface area contributed by atoms with Gasteiger partial charge in [-0.05, 0) is 35.1 Å². The molecule has 1 saturated heterocycles. The number of piperidine rings is 1. The minimum absolute atomic E-state index is 0.284. The van der Waals surface area contributed by atoms with E-state index in [2.05, 4.69) is 60.5 Å². The van der Waals surface area contributed by atoms with Crippen LogP contribution < -0.4 is 5.32 Å².